The highest BCUT2D eigenvalue weighted by Gasteiger charge is 2.04. The first-order chi connectivity index (χ1) is 4.75. The minimum Gasteiger partial charge on any atom is -0.314 e. The summed E-state index contributed by atoms with van der Waals surface area (Å²) >= 11 is 11.6. The summed E-state index contributed by atoms with van der Waals surface area (Å²) in [7, 11) is 1.91. The van der Waals surface area contributed by atoms with E-state index < -0.39 is 0 Å². The molecule has 10 heavy (non-hydrogen) atoms. The zero-order valence-corrected chi connectivity index (χ0v) is 7.08. The van der Waals surface area contributed by atoms with Gasteiger partial charge in [-0.15, -0.1) is 0 Å². The smallest absolute Gasteiger partial charge is 0.167 e. The van der Waals surface area contributed by atoms with Crippen molar-refractivity contribution in [2.24, 2.45) is 0 Å². The van der Waals surface area contributed by atoms with Gasteiger partial charge in [-0.2, -0.15) is 0 Å². The Kier molecular flexibility index (Phi) is 2.55. The number of hydrogen-bond acceptors (Lipinski definition) is 0. The molecule has 1 rings (SSSR count). The van der Waals surface area contributed by atoms with Crippen LogP contribution in [0.15, 0.2) is 18.2 Å². The third-order valence-electron chi connectivity index (χ3n) is 1.29. The Bertz CT molecular complexity index is 215. The van der Waals surface area contributed by atoms with Gasteiger partial charge in [0.2, 0.25) is 0 Å². The Morgan fingerprint density at radius 3 is 2.00 bits per heavy atom. The molecule has 0 aliphatic rings. The van der Waals surface area contributed by atoms with E-state index >= 15 is 0 Å². The number of para-hydroxylation sites is 1. The molecule has 0 spiro atoms. The SMILES string of the molecule is C[NH2+]c1c(Cl)cccc1Cl. The van der Waals surface area contributed by atoms with Crippen molar-refractivity contribution < 1.29 is 5.32 Å². The summed E-state index contributed by atoms with van der Waals surface area (Å²) in [4.78, 5) is 0. The number of hydrogen-bond donors (Lipinski definition) is 1. The molecule has 0 bridgehead atoms. The molecule has 54 valence electrons. The molecule has 1 aromatic rings. The van der Waals surface area contributed by atoms with Gasteiger partial charge >= 0.3 is 0 Å². The standard InChI is InChI=1S/C7H7Cl2N/c1-10-7-5(8)3-2-4-6(7)9/h2-4,10H,1H3/p+1. The van der Waals surface area contributed by atoms with Crippen LogP contribution in [0.4, 0.5) is 5.69 Å². The number of rotatable bonds is 1. The van der Waals surface area contributed by atoms with Gasteiger partial charge in [-0.05, 0) is 12.1 Å². The molecule has 3 heteroatoms. The van der Waals surface area contributed by atoms with Gasteiger partial charge in [0.1, 0.15) is 10.0 Å². The first kappa shape index (κ1) is 7.86. The van der Waals surface area contributed by atoms with E-state index in [4.69, 9.17) is 23.2 Å². The molecule has 0 aliphatic carbocycles. The fraction of sp³-hybridized carbons (Fsp3) is 0.143. The van der Waals surface area contributed by atoms with Crippen molar-refractivity contribution in [2.75, 3.05) is 7.05 Å². The molecule has 0 heterocycles. The summed E-state index contributed by atoms with van der Waals surface area (Å²) in [5.74, 6) is 0. The molecule has 0 unspecified atom stereocenters. The van der Waals surface area contributed by atoms with E-state index in [2.05, 4.69) is 0 Å². The summed E-state index contributed by atoms with van der Waals surface area (Å²) in [5, 5.41) is 3.30. The maximum atomic E-state index is 5.81. The van der Waals surface area contributed by atoms with Crippen molar-refractivity contribution in [3.63, 3.8) is 0 Å². The molecular weight excluding hydrogens is 169 g/mol. The topological polar surface area (TPSA) is 16.6 Å². The van der Waals surface area contributed by atoms with E-state index in [1.54, 1.807) is 0 Å². The summed E-state index contributed by atoms with van der Waals surface area (Å²) in [6.07, 6.45) is 0. The Morgan fingerprint density at radius 1 is 1.20 bits per heavy atom. The normalized spacial score (nSPS) is 9.90. The quantitative estimate of drug-likeness (QED) is 0.630. The second-order valence-corrected chi connectivity index (χ2v) is 2.74. The summed E-state index contributed by atoms with van der Waals surface area (Å²) in [6, 6.07) is 5.48. The highest BCUT2D eigenvalue weighted by Crippen LogP contribution is 2.24. The first-order valence-corrected chi connectivity index (χ1v) is 3.74. The zero-order valence-electron chi connectivity index (χ0n) is 5.57. The molecule has 0 radical (unpaired) electrons. The monoisotopic (exact) mass is 176 g/mol. The predicted molar refractivity (Wildman–Crippen MR) is 44.0 cm³/mol. The summed E-state index contributed by atoms with van der Waals surface area (Å²) < 4.78 is 0. The largest absolute Gasteiger partial charge is 0.314 e. The molecule has 0 fully saturated rings. The van der Waals surface area contributed by atoms with Gasteiger partial charge in [0, 0.05) is 0 Å². The van der Waals surface area contributed by atoms with Crippen molar-refractivity contribution in [1.82, 2.24) is 0 Å². The molecule has 0 aromatic heterocycles. The summed E-state index contributed by atoms with van der Waals surface area (Å²) in [6.45, 7) is 0. The van der Waals surface area contributed by atoms with Crippen LogP contribution in [0.2, 0.25) is 10.0 Å². The van der Waals surface area contributed by atoms with Gasteiger partial charge < -0.3 is 5.32 Å². The maximum Gasteiger partial charge on any atom is 0.167 e. The van der Waals surface area contributed by atoms with Crippen LogP contribution in [0, 0.1) is 0 Å². The molecular formula is C7H8Cl2N+. The van der Waals surface area contributed by atoms with E-state index in [0.29, 0.717) is 10.0 Å². The third-order valence-corrected chi connectivity index (χ3v) is 1.95. The average Bonchev–Trinajstić information content (AvgIpc) is 1.88. The number of benzene rings is 1. The molecule has 0 atom stereocenters. The van der Waals surface area contributed by atoms with Gasteiger partial charge in [-0.3, -0.25) is 0 Å². The van der Waals surface area contributed by atoms with Crippen molar-refractivity contribution in [2.45, 2.75) is 0 Å². The average molecular weight is 177 g/mol. The van der Waals surface area contributed by atoms with Gasteiger partial charge in [0.15, 0.2) is 5.69 Å². The minimum atomic E-state index is 0.704. The number of nitrogens with two attached hydrogens (primary N) is 1. The van der Waals surface area contributed by atoms with Gasteiger partial charge in [0.05, 0.1) is 7.05 Å². The van der Waals surface area contributed by atoms with Crippen LogP contribution in [-0.4, -0.2) is 7.05 Å². The van der Waals surface area contributed by atoms with Crippen molar-refractivity contribution in [3.05, 3.63) is 28.2 Å². The van der Waals surface area contributed by atoms with Crippen molar-refractivity contribution in [1.29, 1.82) is 0 Å². The lowest BCUT2D eigenvalue weighted by Gasteiger charge is -1.98. The molecule has 2 N–H and O–H groups in total. The lowest BCUT2D eigenvalue weighted by atomic mass is 10.3. The lowest BCUT2D eigenvalue weighted by molar-refractivity contribution is -0.539. The second-order valence-electron chi connectivity index (χ2n) is 1.92. The molecule has 0 saturated heterocycles. The second kappa shape index (κ2) is 3.24. The minimum absolute atomic E-state index is 0.704. The Morgan fingerprint density at radius 2 is 1.70 bits per heavy atom. The van der Waals surface area contributed by atoms with E-state index in [1.165, 1.54) is 0 Å². The third kappa shape index (κ3) is 1.43. The summed E-state index contributed by atoms with van der Waals surface area (Å²) in [5.41, 5.74) is 0.908. The molecule has 1 nitrogen and oxygen atoms in total. The number of quaternary nitrogens is 1. The van der Waals surface area contributed by atoms with Crippen molar-refractivity contribution in [3.8, 4) is 0 Å². The van der Waals surface area contributed by atoms with E-state index in [0.717, 1.165) is 5.69 Å². The Balaban J connectivity index is 3.17. The highest BCUT2D eigenvalue weighted by molar-refractivity contribution is 6.38. The molecule has 0 saturated carbocycles. The Hall–Kier alpha value is -0.240. The molecule has 0 amide bonds. The van der Waals surface area contributed by atoms with Crippen LogP contribution < -0.4 is 5.32 Å². The van der Waals surface area contributed by atoms with Crippen LogP contribution >= 0.6 is 23.2 Å². The maximum absolute atomic E-state index is 5.81. The van der Waals surface area contributed by atoms with Crippen LogP contribution in [0.5, 0.6) is 0 Å². The van der Waals surface area contributed by atoms with Crippen LogP contribution in [0.1, 0.15) is 0 Å². The fourth-order valence-electron chi connectivity index (χ4n) is 0.786. The van der Waals surface area contributed by atoms with Crippen molar-refractivity contribution >= 4 is 28.9 Å². The Labute approximate surface area is 70.0 Å². The van der Waals surface area contributed by atoms with E-state index in [1.807, 2.05) is 30.6 Å². The van der Waals surface area contributed by atoms with Gasteiger partial charge in [-0.1, -0.05) is 29.3 Å². The van der Waals surface area contributed by atoms with E-state index in [-0.39, 0.29) is 0 Å². The van der Waals surface area contributed by atoms with Gasteiger partial charge in [-0.25, -0.2) is 0 Å². The first-order valence-electron chi connectivity index (χ1n) is 2.99. The number of halogens is 2. The van der Waals surface area contributed by atoms with Crippen LogP contribution in [-0.2, 0) is 0 Å². The van der Waals surface area contributed by atoms with E-state index in [9.17, 15) is 0 Å². The van der Waals surface area contributed by atoms with Gasteiger partial charge in [0.25, 0.3) is 0 Å². The fourth-order valence-corrected chi connectivity index (χ4v) is 1.40. The molecule has 1 aromatic carbocycles. The van der Waals surface area contributed by atoms with Crippen LogP contribution in [0.25, 0.3) is 0 Å². The predicted octanol–water partition coefficient (Wildman–Crippen LogP) is 1.82. The molecule has 0 aliphatic heterocycles. The van der Waals surface area contributed by atoms with Crippen LogP contribution in [0.3, 0.4) is 0 Å². The highest BCUT2D eigenvalue weighted by atomic mass is 35.5. The lowest BCUT2D eigenvalue weighted by Crippen LogP contribution is -2.73. The zero-order chi connectivity index (χ0) is 7.56.